The minimum atomic E-state index is -5.38. The van der Waals surface area contributed by atoms with E-state index in [1.54, 1.807) is 0 Å². The summed E-state index contributed by atoms with van der Waals surface area (Å²) in [6.45, 7) is 0. The molecule has 0 saturated carbocycles. The Morgan fingerprint density at radius 3 is 0.800 bits per heavy atom. The van der Waals surface area contributed by atoms with Crippen LogP contribution in [0.1, 0.15) is 0 Å². The number of hydrogen-bond donors (Lipinski definition) is 0. The quantitative estimate of drug-likeness (QED) is 0.436. The van der Waals surface area contributed by atoms with Crippen molar-refractivity contribution in [2.75, 3.05) is 0 Å². The molecule has 5 heavy (non-hydrogen) atoms. The predicted octanol–water partition coefficient (Wildman–Crippen LogP) is -0.478. The molecule has 5 heteroatoms. The maximum atomic E-state index is 8.55. The molecule has 0 fully saturated rings. The fourth-order valence-electron chi connectivity index (χ4n) is 0. The standard InChI is InChI=1S/Co.4O/q-6;;;;. The van der Waals surface area contributed by atoms with E-state index in [0.29, 0.717) is 0 Å². The van der Waals surface area contributed by atoms with Crippen molar-refractivity contribution in [3.63, 3.8) is 0 Å². The van der Waals surface area contributed by atoms with Gasteiger partial charge in [-0.05, 0) is 0 Å². The van der Waals surface area contributed by atoms with Gasteiger partial charge in [0.2, 0.25) is 0 Å². The molecule has 0 N–H and O–H groups in total. The maximum absolute atomic E-state index is 8.55. The van der Waals surface area contributed by atoms with Gasteiger partial charge in [-0.1, -0.05) is 0 Å². The van der Waals surface area contributed by atoms with E-state index in [9.17, 15) is 0 Å². The monoisotopic (exact) mass is 123 g/mol. The first kappa shape index (κ1) is 4.71. The average Bonchev–Trinajstić information content (AvgIpc) is 0.722. The molecule has 0 spiro atoms. The van der Waals surface area contributed by atoms with Gasteiger partial charge in [-0.2, -0.15) is 0 Å². The first-order valence-corrected chi connectivity index (χ1v) is 2.24. The van der Waals surface area contributed by atoms with Crippen LogP contribution < -0.4 is 0 Å². The van der Waals surface area contributed by atoms with Gasteiger partial charge >= 0.3 is 27.8 Å². The summed E-state index contributed by atoms with van der Waals surface area (Å²) < 4.78 is 34.2. The van der Waals surface area contributed by atoms with Crippen molar-refractivity contribution < 1.29 is 27.8 Å². The number of hydrogen-bond acceptors (Lipinski definition) is 4. The van der Waals surface area contributed by atoms with E-state index < -0.39 is 12.3 Å². The van der Waals surface area contributed by atoms with Crippen molar-refractivity contribution in [2.24, 2.45) is 0 Å². The Hall–Kier alpha value is -0.294. The summed E-state index contributed by atoms with van der Waals surface area (Å²) in [4.78, 5) is 0. The third kappa shape index (κ3) is 125. The Labute approximate surface area is 28.7 Å². The van der Waals surface area contributed by atoms with Crippen molar-refractivity contribution in [3.05, 3.63) is 0 Å². The van der Waals surface area contributed by atoms with Crippen LogP contribution in [0, 0.1) is 0 Å². The average molecular weight is 123 g/mol. The SMILES string of the molecule is [O]=[Co-6](=[O])(=[O])=[O]. The minimum absolute atomic E-state index is 5.38. The van der Waals surface area contributed by atoms with E-state index in [0.717, 1.165) is 0 Å². The summed E-state index contributed by atoms with van der Waals surface area (Å²) in [7, 11) is 0. The summed E-state index contributed by atoms with van der Waals surface area (Å²) in [5, 5.41) is 0. The van der Waals surface area contributed by atoms with Gasteiger partial charge in [-0.25, -0.2) is 0 Å². The molecule has 0 aliphatic carbocycles. The fourth-order valence-corrected chi connectivity index (χ4v) is 0. The second-order valence-corrected chi connectivity index (χ2v) is 1.37. The molecule has 0 atom stereocenters. The van der Waals surface area contributed by atoms with Gasteiger partial charge in [0.25, 0.3) is 0 Å². The molecule has 0 unspecified atom stereocenters. The molecule has 39 valence electrons. The Balaban J connectivity index is 6.05. The molecular formula is CoO4-6. The molecule has 0 aromatic heterocycles. The first-order valence-electron chi connectivity index (χ1n) is 0.544. The topological polar surface area (TPSA) is 68.3 Å². The Bertz CT molecular complexity index is 155. The molecule has 0 aliphatic rings. The normalized spacial score (nSPS) is 14.4. The molecule has 0 aliphatic heterocycles. The van der Waals surface area contributed by atoms with Crippen LogP contribution >= 0.6 is 0 Å². The Morgan fingerprint density at radius 1 is 0.800 bits per heavy atom. The van der Waals surface area contributed by atoms with Gasteiger partial charge in [-0.15, -0.1) is 0 Å². The van der Waals surface area contributed by atoms with Gasteiger partial charge in [0, 0.05) is 0 Å². The van der Waals surface area contributed by atoms with Crippen molar-refractivity contribution in [2.45, 2.75) is 0 Å². The summed E-state index contributed by atoms with van der Waals surface area (Å²) in [5.41, 5.74) is 0. The van der Waals surface area contributed by atoms with Crippen molar-refractivity contribution >= 4 is 0 Å². The zero-order chi connectivity index (χ0) is 4.50. The summed E-state index contributed by atoms with van der Waals surface area (Å²) in [6.07, 6.45) is 0. The molecule has 4 nitrogen and oxygen atoms in total. The van der Waals surface area contributed by atoms with Crippen LogP contribution in [-0.2, 0) is 27.8 Å². The van der Waals surface area contributed by atoms with Crippen LogP contribution in [-0.4, -0.2) is 0 Å². The van der Waals surface area contributed by atoms with Crippen LogP contribution in [0.3, 0.4) is 0 Å². The summed E-state index contributed by atoms with van der Waals surface area (Å²) in [6, 6.07) is 0. The van der Waals surface area contributed by atoms with Gasteiger partial charge in [-0.3, -0.25) is 0 Å². The molecular weight excluding hydrogens is 123 g/mol. The predicted molar refractivity (Wildman–Crippen MR) is 2.75 cm³/mol. The first-order chi connectivity index (χ1) is 2.00. The third-order valence-electron chi connectivity index (χ3n) is 0. The Kier molecular flexibility index (Phi) is 0.785. The van der Waals surface area contributed by atoms with E-state index in [1.165, 1.54) is 0 Å². The van der Waals surface area contributed by atoms with Gasteiger partial charge in [0.1, 0.15) is 0 Å². The van der Waals surface area contributed by atoms with Crippen LogP contribution in [0.5, 0.6) is 0 Å². The fraction of sp³-hybridized carbons (Fsp3) is 0. The van der Waals surface area contributed by atoms with Gasteiger partial charge in [0.15, 0.2) is 0 Å². The summed E-state index contributed by atoms with van der Waals surface area (Å²) in [5.74, 6) is 0. The van der Waals surface area contributed by atoms with Gasteiger partial charge in [0.05, 0.1) is 0 Å². The van der Waals surface area contributed by atoms with Crippen LogP contribution in [0.2, 0.25) is 0 Å². The summed E-state index contributed by atoms with van der Waals surface area (Å²) >= 11 is -5.38. The molecule has 0 radical (unpaired) electrons. The third-order valence-corrected chi connectivity index (χ3v) is 0. The van der Waals surface area contributed by atoms with Crippen LogP contribution in [0.15, 0.2) is 0 Å². The Morgan fingerprint density at radius 2 is 0.800 bits per heavy atom. The molecule has 0 saturated heterocycles. The molecule has 0 amide bonds. The van der Waals surface area contributed by atoms with Crippen LogP contribution in [0.25, 0.3) is 0 Å². The zero-order valence-electron chi connectivity index (χ0n) is 1.97. The van der Waals surface area contributed by atoms with E-state index >= 15 is 0 Å². The van der Waals surface area contributed by atoms with E-state index in [1.807, 2.05) is 0 Å². The van der Waals surface area contributed by atoms with E-state index in [2.05, 4.69) is 0 Å². The van der Waals surface area contributed by atoms with Gasteiger partial charge < -0.3 is 0 Å². The molecule has 0 rings (SSSR count). The second-order valence-electron chi connectivity index (χ2n) is 0.333. The van der Waals surface area contributed by atoms with Crippen molar-refractivity contribution in [1.82, 2.24) is 0 Å². The zero-order valence-corrected chi connectivity index (χ0v) is 3.01. The second kappa shape index (κ2) is 0.834. The molecule has 0 aromatic rings. The molecule has 0 bridgehead atoms. The van der Waals surface area contributed by atoms with Crippen LogP contribution in [0.4, 0.5) is 0 Å². The van der Waals surface area contributed by atoms with Crippen molar-refractivity contribution in [3.8, 4) is 0 Å². The van der Waals surface area contributed by atoms with E-state index in [4.69, 9.17) is 15.5 Å². The van der Waals surface area contributed by atoms with E-state index in [-0.39, 0.29) is 0 Å². The molecule has 0 aromatic carbocycles. The van der Waals surface area contributed by atoms with Crippen molar-refractivity contribution in [1.29, 1.82) is 0 Å². The molecule has 0 heterocycles. The number of rotatable bonds is 0.